The van der Waals surface area contributed by atoms with Gasteiger partial charge in [0.1, 0.15) is 11.9 Å². The second kappa shape index (κ2) is 7.02. The number of hydrogen-bond donors (Lipinski definition) is 4. The summed E-state index contributed by atoms with van der Waals surface area (Å²) in [6, 6.07) is 10.6. The molecule has 0 radical (unpaired) electrons. The third kappa shape index (κ3) is 3.81. The average Bonchev–Trinajstić information content (AvgIpc) is 2.53. The van der Waals surface area contributed by atoms with Crippen LogP contribution in [0.4, 0.5) is 10.1 Å². The summed E-state index contributed by atoms with van der Waals surface area (Å²) < 4.78 is 12.8. The highest BCUT2D eigenvalue weighted by molar-refractivity contribution is 5.94. The van der Waals surface area contributed by atoms with Gasteiger partial charge in [-0.05, 0) is 42.0 Å². The number of nitrogen functional groups attached to an aromatic ring is 1. The molecule has 0 spiro atoms. The molecule has 0 fully saturated rings. The minimum atomic E-state index is -1.09. The van der Waals surface area contributed by atoms with Gasteiger partial charge in [0.05, 0.1) is 12.6 Å². The van der Waals surface area contributed by atoms with Gasteiger partial charge < -0.3 is 21.3 Å². The molecule has 0 saturated carbocycles. The van der Waals surface area contributed by atoms with Crippen molar-refractivity contribution in [3.05, 3.63) is 65.5 Å². The van der Waals surface area contributed by atoms with Gasteiger partial charge in [0.15, 0.2) is 0 Å². The molecule has 0 bridgehead atoms. The Bertz CT molecular complexity index is 629. The number of nitrogens with two attached hydrogens (primary N) is 1. The predicted octanol–water partition coefficient (Wildman–Crippen LogP) is 1.23. The lowest BCUT2D eigenvalue weighted by Crippen LogP contribution is -2.41. The van der Waals surface area contributed by atoms with Crippen LogP contribution in [-0.4, -0.2) is 28.8 Å². The Kier molecular flexibility index (Phi) is 5.08. The molecular weight excluding hydrogens is 287 g/mol. The monoisotopic (exact) mass is 304 g/mol. The van der Waals surface area contributed by atoms with Gasteiger partial charge in [-0.1, -0.05) is 12.1 Å². The van der Waals surface area contributed by atoms with E-state index in [0.29, 0.717) is 11.3 Å². The molecule has 0 heterocycles. The Labute approximate surface area is 127 Å². The Morgan fingerprint density at radius 2 is 1.73 bits per heavy atom. The van der Waals surface area contributed by atoms with Crippen LogP contribution >= 0.6 is 0 Å². The van der Waals surface area contributed by atoms with Crippen molar-refractivity contribution >= 4 is 11.6 Å². The van der Waals surface area contributed by atoms with E-state index in [2.05, 4.69) is 5.32 Å². The number of nitrogens with one attached hydrogen (secondary N) is 1. The maximum atomic E-state index is 12.8. The number of anilines is 1. The van der Waals surface area contributed by atoms with Crippen LogP contribution in [0.3, 0.4) is 0 Å². The molecule has 2 atom stereocenters. The normalized spacial score (nSPS) is 13.4. The number of carbonyl (C=O) groups excluding carboxylic acids is 1. The zero-order valence-electron chi connectivity index (χ0n) is 11.7. The molecule has 6 heteroatoms. The summed E-state index contributed by atoms with van der Waals surface area (Å²) in [6.45, 7) is -0.446. The highest BCUT2D eigenvalue weighted by Crippen LogP contribution is 2.18. The highest BCUT2D eigenvalue weighted by Gasteiger charge is 2.22. The standard InChI is InChI=1S/C16H17FN2O3/c17-12-5-1-11(2-6-12)16(22)19-14(9-20)15(21)10-3-7-13(18)8-4-10/h1-8,14-15,20-21H,9,18H2,(H,19,22). The van der Waals surface area contributed by atoms with Crippen LogP contribution in [0.2, 0.25) is 0 Å². The molecule has 0 aromatic heterocycles. The largest absolute Gasteiger partial charge is 0.399 e. The average molecular weight is 304 g/mol. The van der Waals surface area contributed by atoms with Crippen LogP contribution in [-0.2, 0) is 0 Å². The maximum absolute atomic E-state index is 12.8. The van der Waals surface area contributed by atoms with Crippen molar-refractivity contribution in [3.63, 3.8) is 0 Å². The first-order valence-corrected chi connectivity index (χ1v) is 6.72. The molecule has 2 aromatic rings. The van der Waals surface area contributed by atoms with Crippen LogP contribution in [0, 0.1) is 5.82 Å². The quantitative estimate of drug-likeness (QED) is 0.625. The van der Waals surface area contributed by atoms with Gasteiger partial charge in [0.25, 0.3) is 5.91 Å². The number of benzene rings is 2. The van der Waals surface area contributed by atoms with Crippen LogP contribution in [0.15, 0.2) is 48.5 Å². The zero-order chi connectivity index (χ0) is 16.1. The van der Waals surface area contributed by atoms with Gasteiger partial charge in [0.2, 0.25) is 0 Å². The van der Waals surface area contributed by atoms with E-state index >= 15 is 0 Å². The summed E-state index contributed by atoms with van der Waals surface area (Å²) in [6.07, 6.45) is -1.09. The van der Waals surface area contributed by atoms with Gasteiger partial charge in [-0.3, -0.25) is 4.79 Å². The van der Waals surface area contributed by atoms with Crippen LogP contribution in [0.1, 0.15) is 22.0 Å². The third-order valence-corrected chi connectivity index (χ3v) is 3.28. The first kappa shape index (κ1) is 15.9. The number of hydrogen-bond acceptors (Lipinski definition) is 4. The minimum absolute atomic E-state index is 0.240. The summed E-state index contributed by atoms with van der Waals surface area (Å²) in [5.74, 6) is -0.953. The van der Waals surface area contributed by atoms with Crippen LogP contribution in [0.25, 0.3) is 0 Å². The molecular formula is C16H17FN2O3. The van der Waals surface area contributed by atoms with Crippen LogP contribution < -0.4 is 11.1 Å². The molecule has 0 aliphatic heterocycles. The van der Waals surface area contributed by atoms with Crippen molar-refractivity contribution in [2.45, 2.75) is 12.1 Å². The van der Waals surface area contributed by atoms with E-state index in [1.165, 1.54) is 24.3 Å². The molecule has 0 aliphatic carbocycles. The summed E-state index contributed by atoms with van der Waals surface area (Å²) in [7, 11) is 0. The first-order valence-electron chi connectivity index (χ1n) is 6.72. The number of carbonyl (C=O) groups is 1. The Balaban J connectivity index is 2.09. The number of aliphatic hydroxyl groups is 2. The molecule has 2 aromatic carbocycles. The lowest BCUT2D eigenvalue weighted by Gasteiger charge is -2.22. The molecule has 1 amide bonds. The number of halogens is 1. The summed E-state index contributed by atoms with van der Waals surface area (Å²) in [4.78, 5) is 12.0. The number of rotatable bonds is 5. The second-order valence-corrected chi connectivity index (χ2v) is 4.88. The smallest absolute Gasteiger partial charge is 0.251 e. The fourth-order valence-corrected chi connectivity index (χ4v) is 2.00. The van der Waals surface area contributed by atoms with Gasteiger partial charge >= 0.3 is 0 Å². The lowest BCUT2D eigenvalue weighted by atomic mass is 10.0. The molecule has 2 unspecified atom stereocenters. The molecule has 5 nitrogen and oxygen atoms in total. The van der Waals surface area contributed by atoms with Crippen molar-refractivity contribution in [2.24, 2.45) is 0 Å². The Morgan fingerprint density at radius 3 is 2.27 bits per heavy atom. The summed E-state index contributed by atoms with van der Waals surface area (Å²) >= 11 is 0. The third-order valence-electron chi connectivity index (χ3n) is 3.28. The molecule has 5 N–H and O–H groups in total. The van der Waals surface area contributed by atoms with E-state index in [-0.39, 0.29) is 5.56 Å². The van der Waals surface area contributed by atoms with Gasteiger partial charge in [-0.15, -0.1) is 0 Å². The Morgan fingerprint density at radius 1 is 1.14 bits per heavy atom. The molecule has 0 aliphatic rings. The zero-order valence-corrected chi connectivity index (χ0v) is 11.7. The SMILES string of the molecule is Nc1ccc(C(O)C(CO)NC(=O)c2ccc(F)cc2)cc1. The molecule has 22 heavy (non-hydrogen) atoms. The molecule has 2 rings (SSSR count). The van der Waals surface area contributed by atoms with E-state index in [9.17, 15) is 19.4 Å². The van der Waals surface area contributed by atoms with E-state index < -0.39 is 30.5 Å². The van der Waals surface area contributed by atoms with E-state index in [1.807, 2.05) is 0 Å². The lowest BCUT2D eigenvalue weighted by molar-refractivity contribution is 0.0703. The summed E-state index contributed by atoms with van der Waals surface area (Å²) in [5, 5.41) is 22.2. The van der Waals surface area contributed by atoms with Gasteiger partial charge in [-0.25, -0.2) is 4.39 Å². The van der Waals surface area contributed by atoms with Crippen molar-refractivity contribution in [1.82, 2.24) is 5.32 Å². The van der Waals surface area contributed by atoms with Crippen molar-refractivity contribution in [1.29, 1.82) is 0 Å². The van der Waals surface area contributed by atoms with Crippen molar-refractivity contribution < 1.29 is 19.4 Å². The maximum Gasteiger partial charge on any atom is 0.251 e. The second-order valence-electron chi connectivity index (χ2n) is 4.88. The van der Waals surface area contributed by atoms with E-state index in [4.69, 9.17) is 5.73 Å². The fourth-order valence-electron chi connectivity index (χ4n) is 2.00. The van der Waals surface area contributed by atoms with Gasteiger partial charge in [0, 0.05) is 11.3 Å². The Hall–Kier alpha value is -2.44. The number of amides is 1. The van der Waals surface area contributed by atoms with Crippen molar-refractivity contribution in [2.75, 3.05) is 12.3 Å². The van der Waals surface area contributed by atoms with Crippen LogP contribution in [0.5, 0.6) is 0 Å². The topological polar surface area (TPSA) is 95.6 Å². The summed E-state index contributed by atoms with van der Waals surface area (Å²) in [5.41, 5.74) is 6.88. The number of aliphatic hydroxyl groups excluding tert-OH is 2. The predicted molar refractivity (Wildman–Crippen MR) is 80.6 cm³/mol. The fraction of sp³-hybridized carbons (Fsp3) is 0.188. The van der Waals surface area contributed by atoms with Crippen molar-refractivity contribution in [3.8, 4) is 0 Å². The van der Waals surface area contributed by atoms with E-state index in [0.717, 1.165) is 0 Å². The first-order chi connectivity index (χ1) is 10.5. The molecule has 116 valence electrons. The minimum Gasteiger partial charge on any atom is -0.399 e. The highest BCUT2D eigenvalue weighted by atomic mass is 19.1. The van der Waals surface area contributed by atoms with Gasteiger partial charge in [-0.2, -0.15) is 0 Å². The van der Waals surface area contributed by atoms with E-state index in [1.54, 1.807) is 24.3 Å². The molecule has 0 saturated heterocycles.